The molecule has 0 spiro atoms. The first-order chi connectivity index (χ1) is 10.8. The van der Waals surface area contributed by atoms with Gasteiger partial charge in [0.2, 0.25) is 0 Å². The molecule has 1 aliphatic carbocycles. The average Bonchev–Trinajstić information content (AvgIpc) is 2.59. The van der Waals surface area contributed by atoms with E-state index in [9.17, 15) is 4.79 Å². The SMILES string of the molecule is O=C1c2cccc3c2[C@@H](CC=C3)CN1[C@@H]1CN2CCC1CC2. The van der Waals surface area contributed by atoms with Crippen LogP contribution in [-0.4, -0.2) is 47.9 Å². The van der Waals surface area contributed by atoms with Crippen LogP contribution in [-0.2, 0) is 0 Å². The lowest BCUT2D eigenvalue weighted by atomic mass is 9.77. The minimum atomic E-state index is 0.280. The number of hydrogen-bond donors (Lipinski definition) is 0. The number of benzene rings is 1. The molecule has 22 heavy (non-hydrogen) atoms. The maximum absolute atomic E-state index is 13.1. The van der Waals surface area contributed by atoms with E-state index < -0.39 is 0 Å². The van der Waals surface area contributed by atoms with Gasteiger partial charge in [0, 0.05) is 30.6 Å². The maximum Gasteiger partial charge on any atom is 0.254 e. The second-order valence-corrected chi connectivity index (χ2v) is 7.31. The number of nitrogens with zero attached hydrogens (tertiary/aromatic N) is 2. The first-order valence-corrected chi connectivity index (χ1v) is 8.64. The van der Waals surface area contributed by atoms with E-state index in [1.54, 1.807) is 0 Å². The highest BCUT2D eigenvalue weighted by Gasteiger charge is 2.43. The zero-order chi connectivity index (χ0) is 14.7. The molecule has 2 atom stereocenters. The maximum atomic E-state index is 13.1. The molecule has 6 rings (SSSR count). The van der Waals surface area contributed by atoms with Gasteiger partial charge in [-0.15, -0.1) is 0 Å². The van der Waals surface area contributed by atoms with Crippen LogP contribution in [0.2, 0.25) is 0 Å². The van der Waals surface area contributed by atoms with Gasteiger partial charge < -0.3 is 9.80 Å². The summed E-state index contributed by atoms with van der Waals surface area (Å²) in [6.45, 7) is 4.47. The highest BCUT2D eigenvalue weighted by atomic mass is 16.2. The van der Waals surface area contributed by atoms with Gasteiger partial charge in [0.15, 0.2) is 0 Å². The van der Waals surface area contributed by atoms with E-state index in [-0.39, 0.29) is 5.91 Å². The molecule has 1 aromatic rings. The van der Waals surface area contributed by atoms with Crippen LogP contribution in [0.4, 0.5) is 0 Å². The van der Waals surface area contributed by atoms with E-state index in [2.05, 4.69) is 28.0 Å². The number of carbonyl (C=O) groups is 1. The molecule has 2 bridgehead atoms. The summed E-state index contributed by atoms with van der Waals surface area (Å²) in [6, 6.07) is 6.68. The summed E-state index contributed by atoms with van der Waals surface area (Å²) in [5.41, 5.74) is 3.54. The molecule has 3 nitrogen and oxygen atoms in total. The first kappa shape index (κ1) is 12.9. The van der Waals surface area contributed by atoms with Gasteiger partial charge in [0.25, 0.3) is 5.91 Å². The van der Waals surface area contributed by atoms with Crippen LogP contribution in [0.1, 0.15) is 46.7 Å². The van der Waals surface area contributed by atoms with Crippen molar-refractivity contribution in [2.45, 2.75) is 31.2 Å². The van der Waals surface area contributed by atoms with Gasteiger partial charge in [-0.2, -0.15) is 0 Å². The van der Waals surface area contributed by atoms with E-state index >= 15 is 0 Å². The molecule has 0 saturated carbocycles. The van der Waals surface area contributed by atoms with Gasteiger partial charge in [-0.05, 0) is 55.5 Å². The lowest BCUT2D eigenvalue weighted by molar-refractivity contribution is 0.00327. The molecule has 4 aliphatic heterocycles. The largest absolute Gasteiger partial charge is 0.333 e. The monoisotopic (exact) mass is 294 g/mol. The number of carbonyl (C=O) groups excluding carboxylic acids is 1. The highest BCUT2D eigenvalue weighted by Crippen LogP contribution is 2.40. The first-order valence-electron chi connectivity index (χ1n) is 8.64. The van der Waals surface area contributed by atoms with E-state index in [0.717, 1.165) is 31.0 Å². The second-order valence-electron chi connectivity index (χ2n) is 7.31. The summed E-state index contributed by atoms with van der Waals surface area (Å²) in [4.78, 5) is 17.9. The predicted molar refractivity (Wildman–Crippen MR) is 86.8 cm³/mol. The number of allylic oxidation sites excluding steroid dienone is 1. The summed E-state index contributed by atoms with van der Waals surface area (Å²) in [5, 5.41) is 0. The molecule has 0 aromatic heterocycles. The van der Waals surface area contributed by atoms with Gasteiger partial charge in [-0.25, -0.2) is 0 Å². The Morgan fingerprint density at radius 1 is 1.09 bits per heavy atom. The number of hydrogen-bond acceptors (Lipinski definition) is 2. The Balaban J connectivity index is 1.54. The van der Waals surface area contributed by atoms with Crippen molar-refractivity contribution < 1.29 is 4.79 Å². The molecule has 1 amide bonds. The van der Waals surface area contributed by atoms with Crippen molar-refractivity contribution >= 4 is 12.0 Å². The summed E-state index contributed by atoms with van der Waals surface area (Å²) in [6.07, 6.45) is 8.08. The number of amides is 1. The third-order valence-corrected chi connectivity index (χ3v) is 6.20. The molecule has 114 valence electrons. The quantitative estimate of drug-likeness (QED) is 0.795. The fraction of sp³-hybridized carbons (Fsp3) is 0.526. The Labute approximate surface area is 131 Å². The van der Waals surface area contributed by atoms with Gasteiger partial charge in [0.05, 0.1) is 0 Å². The minimum absolute atomic E-state index is 0.280. The molecular formula is C19H22N2O. The summed E-state index contributed by atoms with van der Waals surface area (Å²) in [7, 11) is 0. The summed E-state index contributed by atoms with van der Waals surface area (Å²) in [5.74, 6) is 1.50. The van der Waals surface area contributed by atoms with Crippen LogP contribution >= 0.6 is 0 Å². The van der Waals surface area contributed by atoms with Crippen LogP contribution in [0.5, 0.6) is 0 Å². The zero-order valence-electron chi connectivity index (χ0n) is 12.9. The normalized spacial score (nSPS) is 35.6. The summed E-state index contributed by atoms with van der Waals surface area (Å²) < 4.78 is 0. The van der Waals surface area contributed by atoms with Crippen molar-refractivity contribution in [3.8, 4) is 0 Å². The van der Waals surface area contributed by atoms with E-state index in [1.165, 1.54) is 37.1 Å². The number of fused-ring (bicyclic) bond motifs is 3. The Morgan fingerprint density at radius 2 is 1.95 bits per heavy atom. The molecule has 4 heterocycles. The Kier molecular flexibility index (Phi) is 2.75. The van der Waals surface area contributed by atoms with E-state index in [1.807, 2.05) is 12.1 Å². The smallest absolute Gasteiger partial charge is 0.254 e. The van der Waals surface area contributed by atoms with Crippen LogP contribution in [0.3, 0.4) is 0 Å². The van der Waals surface area contributed by atoms with Gasteiger partial charge in [0.1, 0.15) is 0 Å². The van der Waals surface area contributed by atoms with Gasteiger partial charge in [-0.3, -0.25) is 4.79 Å². The lowest BCUT2D eigenvalue weighted by Gasteiger charge is -2.51. The predicted octanol–water partition coefficient (Wildman–Crippen LogP) is 2.74. The van der Waals surface area contributed by atoms with Crippen LogP contribution in [0.25, 0.3) is 6.08 Å². The molecule has 0 unspecified atom stereocenters. The molecule has 1 aromatic carbocycles. The van der Waals surface area contributed by atoms with Crippen LogP contribution in [0.15, 0.2) is 24.3 Å². The molecule has 5 aliphatic rings. The van der Waals surface area contributed by atoms with Crippen molar-refractivity contribution in [1.82, 2.24) is 9.80 Å². The Hall–Kier alpha value is -1.61. The molecule has 3 saturated heterocycles. The topological polar surface area (TPSA) is 23.6 Å². The third-order valence-electron chi connectivity index (χ3n) is 6.20. The fourth-order valence-electron chi connectivity index (χ4n) is 5.06. The Bertz CT molecular complexity index is 657. The molecule has 0 N–H and O–H groups in total. The Morgan fingerprint density at radius 3 is 2.73 bits per heavy atom. The molecule has 0 radical (unpaired) electrons. The van der Waals surface area contributed by atoms with Crippen LogP contribution in [0, 0.1) is 5.92 Å². The van der Waals surface area contributed by atoms with Crippen molar-refractivity contribution in [3.05, 3.63) is 41.0 Å². The van der Waals surface area contributed by atoms with Crippen LogP contribution < -0.4 is 0 Å². The standard InChI is InChI=1S/C19H22N2O/c22-19-16-6-2-4-14-3-1-5-15(18(14)16)11-21(19)17-12-20-9-7-13(17)8-10-20/h1-4,6,13,15,17H,5,7-12H2/t15-,17+/m0/s1. The van der Waals surface area contributed by atoms with Crippen molar-refractivity contribution in [2.24, 2.45) is 5.92 Å². The van der Waals surface area contributed by atoms with Crippen molar-refractivity contribution in [3.63, 3.8) is 0 Å². The van der Waals surface area contributed by atoms with Gasteiger partial charge >= 0.3 is 0 Å². The zero-order valence-corrected chi connectivity index (χ0v) is 12.9. The van der Waals surface area contributed by atoms with Crippen molar-refractivity contribution in [2.75, 3.05) is 26.2 Å². The number of rotatable bonds is 1. The fourth-order valence-corrected chi connectivity index (χ4v) is 5.06. The molecule has 3 fully saturated rings. The summed E-state index contributed by atoms with van der Waals surface area (Å²) >= 11 is 0. The minimum Gasteiger partial charge on any atom is -0.333 e. The number of piperidine rings is 3. The molecular weight excluding hydrogens is 272 g/mol. The highest BCUT2D eigenvalue weighted by molar-refractivity contribution is 5.98. The van der Waals surface area contributed by atoms with Crippen molar-refractivity contribution in [1.29, 1.82) is 0 Å². The lowest BCUT2D eigenvalue weighted by Crippen LogP contribution is -2.60. The van der Waals surface area contributed by atoms with E-state index in [4.69, 9.17) is 0 Å². The third kappa shape index (κ3) is 1.75. The average molecular weight is 294 g/mol. The van der Waals surface area contributed by atoms with E-state index in [0.29, 0.717) is 12.0 Å². The second kappa shape index (κ2) is 4.69. The van der Waals surface area contributed by atoms with Gasteiger partial charge in [-0.1, -0.05) is 24.3 Å². The molecule has 3 heteroatoms.